The molecule has 0 aromatic heterocycles. The van der Waals surface area contributed by atoms with Gasteiger partial charge in [0.1, 0.15) is 5.82 Å². The van der Waals surface area contributed by atoms with E-state index in [4.69, 9.17) is 4.74 Å². The summed E-state index contributed by atoms with van der Waals surface area (Å²) in [6, 6.07) is 6.87. The molecule has 2 saturated heterocycles. The summed E-state index contributed by atoms with van der Waals surface area (Å²) in [5, 5.41) is 3.03. The van der Waals surface area contributed by atoms with E-state index in [0.29, 0.717) is 18.8 Å². The topological polar surface area (TPSA) is 48.1 Å². The summed E-state index contributed by atoms with van der Waals surface area (Å²) in [4.78, 5) is 18.8. The highest BCUT2D eigenvalue weighted by Gasteiger charge is 2.22. The van der Waals surface area contributed by atoms with Gasteiger partial charge >= 0.3 is 0 Å². The van der Waals surface area contributed by atoms with Gasteiger partial charge in [0.2, 0.25) is 5.91 Å². The first-order valence-corrected chi connectivity index (χ1v) is 10.4. The van der Waals surface area contributed by atoms with Crippen molar-refractivity contribution in [1.82, 2.24) is 15.1 Å². The van der Waals surface area contributed by atoms with Gasteiger partial charge in [0, 0.05) is 52.4 Å². The SMILES string of the molecule is C[C@H]1CN(CCCNC(=O)CN2CCN(c3ccccc3F)CC2)C[C@H](C)O1. The summed E-state index contributed by atoms with van der Waals surface area (Å²) < 4.78 is 19.6. The fourth-order valence-corrected chi connectivity index (χ4v) is 4.11. The van der Waals surface area contributed by atoms with E-state index in [2.05, 4.69) is 29.0 Å². The van der Waals surface area contributed by atoms with Crippen LogP contribution in [0.1, 0.15) is 20.3 Å². The molecule has 2 fully saturated rings. The number of carbonyl (C=O) groups excluding carboxylic acids is 1. The number of rotatable bonds is 7. The maximum Gasteiger partial charge on any atom is 0.234 e. The molecule has 0 bridgehead atoms. The van der Waals surface area contributed by atoms with Crippen LogP contribution in [0.3, 0.4) is 0 Å². The smallest absolute Gasteiger partial charge is 0.234 e. The van der Waals surface area contributed by atoms with Crippen LogP contribution in [-0.4, -0.2) is 86.8 Å². The molecule has 1 N–H and O–H groups in total. The second-order valence-corrected chi connectivity index (χ2v) is 7.94. The maximum atomic E-state index is 13.9. The van der Waals surface area contributed by atoms with E-state index in [1.807, 2.05) is 17.0 Å². The Bertz CT molecular complexity index is 627. The van der Waals surface area contributed by atoms with Crippen molar-refractivity contribution in [1.29, 1.82) is 0 Å². The average Bonchev–Trinajstić information content (AvgIpc) is 2.66. The number of halogens is 1. The molecule has 2 aliphatic heterocycles. The molecule has 1 amide bonds. The molecule has 0 aliphatic carbocycles. The van der Waals surface area contributed by atoms with Crippen LogP contribution in [0.2, 0.25) is 0 Å². The summed E-state index contributed by atoms with van der Waals surface area (Å²) in [5.41, 5.74) is 0.651. The monoisotopic (exact) mass is 392 g/mol. The molecule has 6 nitrogen and oxygen atoms in total. The quantitative estimate of drug-likeness (QED) is 0.714. The maximum absolute atomic E-state index is 13.9. The van der Waals surface area contributed by atoms with Crippen molar-refractivity contribution < 1.29 is 13.9 Å². The molecule has 0 spiro atoms. The van der Waals surface area contributed by atoms with Gasteiger partial charge in [-0.05, 0) is 32.4 Å². The zero-order valence-electron chi connectivity index (χ0n) is 17.1. The molecule has 0 unspecified atom stereocenters. The molecule has 2 aliphatic rings. The highest BCUT2D eigenvalue weighted by atomic mass is 19.1. The van der Waals surface area contributed by atoms with Gasteiger partial charge in [-0.2, -0.15) is 0 Å². The van der Waals surface area contributed by atoms with Crippen LogP contribution < -0.4 is 10.2 Å². The lowest BCUT2D eigenvalue weighted by Gasteiger charge is -2.36. The predicted molar refractivity (Wildman–Crippen MR) is 109 cm³/mol. The minimum Gasteiger partial charge on any atom is -0.373 e. The first-order chi connectivity index (χ1) is 13.5. The largest absolute Gasteiger partial charge is 0.373 e. The number of hydrogen-bond acceptors (Lipinski definition) is 5. The Balaban J connectivity index is 1.30. The minimum atomic E-state index is -0.183. The van der Waals surface area contributed by atoms with Crippen molar-refractivity contribution >= 4 is 11.6 Å². The fourth-order valence-electron chi connectivity index (χ4n) is 4.11. The van der Waals surface area contributed by atoms with Gasteiger partial charge in [-0.15, -0.1) is 0 Å². The fraction of sp³-hybridized carbons (Fsp3) is 0.667. The number of anilines is 1. The van der Waals surface area contributed by atoms with Crippen LogP contribution in [0.4, 0.5) is 10.1 Å². The molecule has 0 saturated carbocycles. The summed E-state index contributed by atoms with van der Waals surface area (Å²) in [6.07, 6.45) is 1.51. The molecular weight excluding hydrogens is 359 g/mol. The van der Waals surface area contributed by atoms with E-state index >= 15 is 0 Å². The Hall–Kier alpha value is -1.70. The number of nitrogens with one attached hydrogen (secondary N) is 1. The van der Waals surface area contributed by atoms with E-state index in [1.165, 1.54) is 6.07 Å². The zero-order chi connectivity index (χ0) is 19.9. The normalized spacial score (nSPS) is 24.3. The lowest BCUT2D eigenvalue weighted by molar-refractivity contribution is -0.122. The number of para-hydroxylation sites is 1. The van der Waals surface area contributed by atoms with E-state index in [0.717, 1.165) is 52.2 Å². The lowest BCUT2D eigenvalue weighted by atomic mass is 10.2. The summed E-state index contributed by atoms with van der Waals surface area (Å²) in [5.74, 6) is -0.110. The van der Waals surface area contributed by atoms with Crippen molar-refractivity contribution in [2.75, 3.05) is 63.8 Å². The first kappa shape index (κ1) is 21.0. The third kappa shape index (κ3) is 6.15. The molecule has 0 radical (unpaired) electrons. The van der Waals surface area contributed by atoms with Crippen LogP contribution in [0.25, 0.3) is 0 Å². The lowest BCUT2D eigenvalue weighted by Crippen LogP contribution is -2.50. The molecular formula is C21H33FN4O2. The van der Waals surface area contributed by atoms with Crippen LogP contribution in [0.5, 0.6) is 0 Å². The summed E-state index contributed by atoms with van der Waals surface area (Å²) in [7, 11) is 0. The Morgan fingerprint density at radius 2 is 1.79 bits per heavy atom. The second kappa shape index (κ2) is 10.2. The number of hydrogen-bond donors (Lipinski definition) is 1. The van der Waals surface area contributed by atoms with E-state index < -0.39 is 0 Å². The van der Waals surface area contributed by atoms with Gasteiger partial charge in [0.15, 0.2) is 0 Å². The van der Waals surface area contributed by atoms with E-state index in [9.17, 15) is 9.18 Å². The van der Waals surface area contributed by atoms with Crippen LogP contribution >= 0.6 is 0 Å². The molecule has 2 atom stereocenters. The van der Waals surface area contributed by atoms with Crippen molar-refractivity contribution in [3.63, 3.8) is 0 Å². The number of carbonyl (C=O) groups is 1. The van der Waals surface area contributed by atoms with Crippen molar-refractivity contribution in [2.45, 2.75) is 32.5 Å². The third-order valence-corrected chi connectivity index (χ3v) is 5.40. The van der Waals surface area contributed by atoms with Crippen molar-refractivity contribution in [3.8, 4) is 0 Å². The molecule has 3 rings (SSSR count). The summed E-state index contributed by atoms with van der Waals surface area (Å²) >= 11 is 0. The number of amides is 1. The van der Waals surface area contributed by atoms with Gasteiger partial charge in [0.05, 0.1) is 24.4 Å². The van der Waals surface area contributed by atoms with Crippen LogP contribution in [0.15, 0.2) is 24.3 Å². The Morgan fingerprint density at radius 3 is 2.46 bits per heavy atom. The van der Waals surface area contributed by atoms with Gasteiger partial charge < -0.3 is 15.0 Å². The van der Waals surface area contributed by atoms with Gasteiger partial charge in [-0.3, -0.25) is 14.6 Å². The highest BCUT2D eigenvalue weighted by Crippen LogP contribution is 2.20. The number of piperazine rings is 1. The summed E-state index contributed by atoms with van der Waals surface area (Å²) in [6.45, 7) is 11.3. The average molecular weight is 393 g/mol. The number of ether oxygens (including phenoxy) is 1. The zero-order valence-corrected chi connectivity index (χ0v) is 17.1. The Kier molecular flexibility index (Phi) is 7.65. The molecule has 1 aromatic carbocycles. The van der Waals surface area contributed by atoms with Crippen LogP contribution in [0, 0.1) is 5.82 Å². The second-order valence-electron chi connectivity index (χ2n) is 7.94. The van der Waals surface area contributed by atoms with Gasteiger partial charge in [-0.25, -0.2) is 4.39 Å². The molecule has 2 heterocycles. The van der Waals surface area contributed by atoms with E-state index in [1.54, 1.807) is 6.07 Å². The van der Waals surface area contributed by atoms with Gasteiger partial charge in [-0.1, -0.05) is 12.1 Å². The standard InChI is InChI=1S/C21H33FN4O2/c1-17-14-25(15-18(2)28-17)9-5-8-23-21(27)16-24-10-12-26(13-11-24)20-7-4-3-6-19(20)22/h3-4,6-7,17-18H,5,8-16H2,1-2H3,(H,23,27)/t17-,18-/m0/s1. The van der Waals surface area contributed by atoms with E-state index in [-0.39, 0.29) is 23.9 Å². The Morgan fingerprint density at radius 1 is 1.11 bits per heavy atom. The molecule has 156 valence electrons. The number of morpholine rings is 1. The van der Waals surface area contributed by atoms with Crippen molar-refractivity contribution in [3.05, 3.63) is 30.1 Å². The molecule has 7 heteroatoms. The minimum absolute atomic E-state index is 0.0723. The first-order valence-electron chi connectivity index (χ1n) is 10.4. The number of benzene rings is 1. The third-order valence-electron chi connectivity index (χ3n) is 5.40. The van der Waals surface area contributed by atoms with Crippen molar-refractivity contribution in [2.24, 2.45) is 0 Å². The van der Waals surface area contributed by atoms with Crippen LogP contribution in [-0.2, 0) is 9.53 Å². The molecule has 1 aromatic rings. The highest BCUT2D eigenvalue weighted by molar-refractivity contribution is 5.78. The van der Waals surface area contributed by atoms with Gasteiger partial charge in [0.25, 0.3) is 0 Å². The molecule has 28 heavy (non-hydrogen) atoms. The Labute approximate surface area is 167 Å². The predicted octanol–water partition coefficient (Wildman–Crippen LogP) is 1.56. The number of nitrogens with zero attached hydrogens (tertiary/aromatic N) is 3.